The highest BCUT2D eigenvalue weighted by Gasteiger charge is 2.16. The number of rotatable bonds is 10. The molecule has 0 amide bonds. The first-order valence-corrected chi connectivity index (χ1v) is 12.8. The van der Waals surface area contributed by atoms with Crippen molar-refractivity contribution in [3.63, 3.8) is 0 Å². The zero-order chi connectivity index (χ0) is 27.1. The fraction of sp³-hybridized carbons (Fsp3) is 0.212. The second-order valence-electron chi connectivity index (χ2n) is 9.30. The standard InChI is InChI=1S/C33H30F4O/c1-3-4-5-6-21-38-29-20-17-26(30(34)33(29)37)16-11-23-9-14-25(15-10-23)28-19-18-27(31(35)32(28)36)24-12-7-22(2)8-13-24/h7-20H,3-6,21H2,1-2H3/b16-11+. The Bertz CT molecular complexity index is 1410. The van der Waals surface area contributed by atoms with Gasteiger partial charge in [0, 0.05) is 16.7 Å². The third-order valence-corrected chi connectivity index (χ3v) is 6.45. The van der Waals surface area contributed by atoms with Crippen LogP contribution in [0.15, 0.2) is 72.8 Å². The van der Waals surface area contributed by atoms with E-state index in [1.54, 1.807) is 54.6 Å². The van der Waals surface area contributed by atoms with Crippen molar-refractivity contribution in [2.45, 2.75) is 39.5 Å². The highest BCUT2D eigenvalue weighted by molar-refractivity contribution is 5.75. The van der Waals surface area contributed by atoms with Gasteiger partial charge >= 0.3 is 0 Å². The summed E-state index contributed by atoms with van der Waals surface area (Å²) in [6.45, 7) is 4.37. The van der Waals surface area contributed by atoms with E-state index in [2.05, 4.69) is 6.92 Å². The summed E-state index contributed by atoms with van der Waals surface area (Å²) >= 11 is 0. The van der Waals surface area contributed by atoms with Crippen LogP contribution in [0, 0.1) is 30.2 Å². The monoisotopic (exact) mass is 518 g/mol. The fourth-order valence-electron chi connectivity index (χ4n) is 4.19. The zero-order valence-electron chi connectivity index (χ0n) is 21.5. The molecule has 0 fully saturated rings. The van der Waals surface area contributed by atoms with Crippen LogP contribution in [0.3, 0.4) is 0 Å². The van der Waals surface area contributed by atoms with Crippen molar-refractivity contribution in [3.05, 3.63) is 113 Å². The summed E-state index contributed by atoms with van der Waals surface area (Å²) < 4.78 is 64.2. The lowest BCUT2D eigenvalue weighted by Gasteiger charge is -2.10. The molecule has 0 radical (unpaired) electrons. The van der Waals surface area contributed by atoms with E-state index in [0.717, 1.165) is 31.2 Å². The average Bonchev–Trinajstić information content (AvgIpc) is 2.93. The molecule has 0 unspecified atom stereocenters. The fourth-order valence-corrected chi connectivity index (χ4v) is 4.19. The Morgan fingerprint density at radius 1 is 0.605 bits per heavy atom. The molecule has 0 bridgehead atoms. The van der Waals surface area contributed by atoms with E-state index in [0.29, 0.717) is 23.3 Å². The van der Waals surface area contributed by atoms with Crippen LogP contribution in [0.25, 0.3) is 34.4 Å². The van der Waals surface area contributed by atoms with Crippen LogP contribution in [0.5, 0.6) is 5.75 Å². The van der Waals surface area contributed by atoms with E-state index in [4.69, 9.17) is 4.74 Å². The third-order valence-electron chi connectivity index (χ3n) is 6.45. The summed E-state index contributed by atoms with van der Waals surface area (Å²) in [6, 6.07) is 20.0. The molecule has 1 nitrogen and oxygen atoms in total. The highest BCUT2D eigenvalue weighted by Crippen LogP contribution is 2.32. The van der Waals surface area contributed by atoms with Crippen LogP contribution in [0.4, 0.5) is 17.6 Å². The van der Waals surface area contributed by atoms with Gasteiger partial charge in [0.05, 0.1) is 6.61 Å². The van der Waals surface area contributed by atoms with Crippen molar-refractivity contribution in [1.29, 1.82) is 0 Å². The largest absolute Gasteiger partial charge is 0.490 e. The molecule has 0 N–H and O–H groups in total. The quantitative estimate of drug-likeness (QED) is 0.115. The first kappa shape index (κ1) is 27.2. The maximum Gasteiger partial charge on any atom is 0.201 e. The van der Waals surface area contributed by atoms with Crippen molar-refractivity contribution in [2.75, 3.05) is 6.61 Å². The summed E-state index contributed by atoms with van der Waals surface area (Å²) in [5.74, 6) is -3.90. The van der Waals surface area contributed by atoms with Gasteiger partial charge in [-0.2, -0.15) is 4.39 Å². The molecule has 0 aliphatic heterocycles. The number of benzene rings is 4. The van der Waals surface area contributed by atoms with E-state index in [-0.39, 0.29) is 22.4 Å². The summed E-state index contributed by atoms with van der Waals surface area (Å²) in [4.78, 5) is 0. The van der Waals surface area contributed by atoms with Gasteiger partial charge in [0.15, 0.2) is 23.2 Å². The maximum atomic E-state index is 15.0. The minimum absolute atomic E-state index is 0.0877. The summed E-state index contributed by atoms with van der Waals surface area (Å²) in [5.41, 5.74) is 3.28. The Hall–Kier alpha value is -3.86. The van der Waals surface area contributed by atoms with Crippen LogP contribution in [0.2, 0.25) is 0 Å². The summed E-state index contributed by atoms with van der Waals surface area (Å²) in [5, 5.41) is 0. The molecule has 4 aromatic rings. The Kier molecular flexibility index (Phi) is 9.01. The van der Waals surface area contributed by atoms with Gasteiger partial charge in [-0.25, -0.2) is 13.2 Å². The zero-order valence-corrected chi connectivity index (χ0v) is 21.5. The number of ether oxygens (including phenoxy) is 1. The lowest BCUT2D eigenvalue weighted by Crippen LogP contribution is -2.01. The normalized spacial score (nSPS) is 11.3. The second-order valence-corrected chi connectivity index (χ2v) is 9.30. The molecule has 196 valence electrons. The maximum absolute atomic E-state index is 15.0. The van der Waals surface area contributed by atoms with Crippen LogP contribution in [-0.4, -0.2) is 6.61 Å². The van der Waals surface area contributed by atoms with Crippen LogP contribution >= 0.6 is 0 Å². The Morgan fingerprint density at radius 3 is 1.82 bits per heavy atom. The number of hydrogen-bond donors (Lipinski definition) is 0. The highest BCUT2D eigenvalue weighted by atomic mass is 19.2. The van der Waals surface area contributed by atoms with Crippen molar-refractivity contribution in [1.82, 2.24) is 0 Å². The number of halogens is 4. The molecule has 0 saturated carbocycles. The third kappa shape index (κ3) is 6.34. The summed E-state index contributed by atoms with van der Waals surface area (Å²) in [6.07, 6.45) is 7.04. The number of hydrogen-bond acceptors (Lipinski definition) is 1. The molecule has 0 aromatic heterocycles. The first-order chi connectivity index (χ1) is 18.4. The molecule has 0 heterocycles. The predicted molar refractivity (Wildman–Crippen MR) is 147 cm³/mol. The average molecular weight is 519 g/mol. The van der Waals surface area contributed by atoms with Gasteiger partial charge in [-0.1, -0.05) is 105 Å². The van der Waals surface area contributed by atoms with Crippen LogP contribution < -0.4 is 4.74 Å². The van der Waals surface area contributed by atoms with Crippen LogP contribution in [-0.2, 0) is 0 Å². The van der Waals surface area contributed by atoms with Crippen molar-refractivity contribution in [2.24, 2.45) is 0 Å². The van der Waals surface area contributed by atoms with Gasteiger partial charge in [-0.05, 0) is 42.2 Å². The van der Waals surface area contributed by atoms with Crippen molar-refractivity contribution in [3.8, 4) is 28.0 Å². The first-order valence-electron chi connectivity index (χ1n) is 12.8. The van der Waals surface area contributed by atoms with E-state index >= 15 is 0 Å². The summed E-state index contributed by atoms with van der Waals surface area (Å²) in [7, 11) is 0. The Balaban J connectivity index is 1.46. The molecule has 0 aliphatic carbocycles. The molecular formula is C33H30F4O. The SMILES string of the molecule is CCCCCCOc1ccc(/C=C/c2ccc(-c3ccc(-c4ccc(C)cc4)c(F)c3F)cc2)c(F)c1F. The van der Waals surface area contributed by atoms with E-state index < -0.39 is 23.3 Å². The lowest BCUT2D eigenvalue weighted by atomic mass is 9.97. The smallest absolute Gasteiger partial charge is 0.201 e. The second kappa shape index (κ2) is 12.6. The molecule has 5 heteroatoms. The van der Waals surface area contributed by atoms with E-state index in [1.165, 1.54) is 18.2 Å². The predicted octanol–water partition coefficient (Wildman–Crippen LogP) is 10.0. The molecule has 0 atom stereocenters. The van der Waals surface area contributed by atoms with Crippen molar-refractivity contribution < 1.29 is 22.3 Å². The Morgan fingerprint density at radius 2 is 1.21 bits per heavy atom. The minimum atomic E-state index is -1.01. The van der Waals surface area contributed by atoms with Gasteiger partial charge in [0.25, 0.3) is 0 Å². The number of unbranched alkanes of at least 4 members (excludes halogenated alkanes) is 3. The molecule has 4 aromatic carbocycles. The van der Waals surface area contributed by atoms with Gasteiger partial charge in [0.1, 0.15) is 0 Å². The van der Waals surface area contributed by atoms with Crippen molar-refractivity contribution >= 4 is 12.2 Å². The van der Waals surface area contributed by atoms with E-state index in [9.17, 15) is 17.6 Å². The molecule has 0 aliphatic rings. The van der Waals surface area contributed by atoms with Gasteiger partial charge in [-0.3, -0.25) is 0 Å². The van der Waals surface area contributed by atoms with E-state index in [1.807, 2.05) is 19.1 Å². The molecule has 0 spiro atoms. The minimum Gasteiger partial charge on any atom is -0.490 e. The van der Waals surface area contributed by atoms with Crippen LogP contribution in [0.1, 0.15) is 49.3 Å². The molecule has 0 saturated heterocycles. The van der Waals surface area contributed by atoms with Gasteiger partial charge < -0.3 is 4.74 Å². The molecule has 38 heavy (non-hydrogen) atoms. The molecule has 4 rings (SSSR count). The molecular weight excluding hydrogens is 488 g/mol. The number of aryl methyl sites for hydroxylation is 1. The lowest BCUT2D eigenvalue weighted by molar-refractivity contribution is 0.285. The Labute approximate surface area is 221 Å². The van der Waals surface area contributed by atoms with Gasteiger partial charge in [-0.15, -0.1) is 0 Å². The topological polar surface area (TPSA) is 9.23 Å². The van der Waals surface area contributed by atoms with Gasteiger partial charge in [0.2, 0.25) is 5.82 Å².